The second kappa shape index (κ2) is 13.0. The van der Waals surface area contributed by atoms with E-state index in [1.54, 1.807) is 64.3 Å². The Morgan fingerprint density at radius 3 is 2.30 bits per heavy atom. The number of ether oxygens (including phenoxy) is 4. The van der Waals surface area contributed by atoms with Crippen LogP contribution in [-0.2, 0) is 30.5 Å². The number of benzene rings is 2. The highest BCUT2D eigenvalue weighted by molar-refractivity contribution is 6.13. The second-order valence-corrected chi connectivity index (χ2v) is 10.3. The van der Waals surface area contributed by atoms with Gasteiger partial charge in [0.05, 0.1) is 31.8 Å². The monoisotopic (exact) mass is 585 g/mol. The van der Waals surface area contributed by atoms with Crippen LogP contribution in [0.5, 0.6) is 11.5 Å². The summed E-state index contributed by atoms with van der Waals surface area (Å²) in [5, 5.41) is 3.30. The fraction of sp³-hybridized carbons (Fsp3) is 0.324. The standard InChI is InChI=1S/C34H35NO8/c1-5-40-33(37)28-20(3)35-26-18-25(21-10-8-7-9-11-21)29(34(38)41-6-2)32(36)30(26)31(28)27-17-16-24(43-27)19-42-23-14-12-22(39-4)13-15-23/h7-17,25,29,31,35H,5-6,18-19H2,1-4H3/t25-,29-,31-/m1/s1. The summed E-state index contributed by atoms with van der Waals surface area (Å²) < 4.78 is 28.1. The number of furan rings is 1. The van der Waals surface area contributed by atoms with Gasteiger partial charge in [0.25, 0.3) is 0 Å². The van der Waals surface area contributed by atoms with Gasteiger partial charge in [0.2, 0.25) is 0 Å². The van der Waals surface area contributed by atoms with Crippen molar-refractivity contribution in [3.63, 3.8) is 0 Å². The third kappa shape index (κ3) is 6.07. The molecule has 0 bridgehead atoms. The van der Waals surface area contributed by atoms with Crippen LogP contribution < -0.4 is 14.8 Å². The number of carbonyl (C=O) groups excluding carboxylic acids is 3. The zero-order valence-corrected chi connectivity index (χ0v) is 24.7. The van der Waals surface area contributed by atoms with Crippen LogP contribution in [0.2, 0.25) is 0 Å². The summed E-state index contributed by atoms with van der Waals surface area (Å²) in [7, 11) is 1.59. The van der Waals surface area contributed by atoms with Gasteiger partial charge >= 0.3 is 11.9 Å². The molecule has 0 saturated carbocycles. The van der Waals surface area contributed by atoms with Crippen molar-refractivity contribution in [2.24, 2.45) is 5.92 Å². The van der Waals surface area contributed by atoms with Crippen molar-refractivity contribution < 1.29 is 37.7 Å². The molecular weight excluding hydrogens is 550 g/mol. The van der Waals surface area contributed by atoms with E-state index in [4.69, 9.17) is 23.4 Å². The smallest absolute Gasteiger partial charge is 0.336 e. The quantitative estimate of drug-likeness (QED) is 0.241. The summed E-state index contributed by atoms with van der Waals surface area (Å²) >= 11 is 0. The minimum atomic E-state index is -1.08. The van der Waals surface area contributed by atoms with E-state index in [-0.39, 0.29) is 25.4 Å². The first kappa shape index (κ1) is 29.7. The number of allylic oxidation sites excluding steroid dienone is 3. The van der Waals surface area contributed by atoms with E-state index in [1.165, 1.54) is 0 Å². The summed E-state index contributed by atoms with van der Waals surface area (Å²) in [4.78, 5) is 41.0. The molecule has 2 aromatic carbocycles. The van der Waals surface area contributed by atoms with Gasteiger partial charge in [0, 0.05) is 22.9 Å². The molecule has 2 aliphatic rings. The summed E-state index contributed by atoms with van der Waals surface area (Å²) in [5.74, 6) is -1.77. The molecule has 0 amide bonds. The lowest BCUT2D eigenvalue weighted by molar-refractivity contribution is -0.152. The van der Waals surface area contributed by atoms with Gasteiger partial charge in [-0.2, -0.15) is 0 Å². The van der Waals surface area contributed by atoms with Crippen LogP contribution in [-0.4, -0.2) is 38.0 Å². The average Bonchev–Trinajstić information content (AvgIpc) is 3.49. The molecule has 3 atom stereocenters. The SMILES string of the molecule is CCOC(=O)C1=C(C)NC2=C(C(=O)[C@H](C(=O)OCC)[C@@H](c3ccccc3)C2)[C@@H]1c1ccc(COc2ccc(OC)cc2)o1. The minimum Gasteiger partial charge on any atom is -0.497 e. The number of ketones is 1. The Balaban J connectivity index is 1.54. The third-order valence-electron chi connectivity index (χ3n) is 7.69. The van der Waals surface area contributed by atoms with Crippen molar-refractivity contribution in [2.45, 2.75) is 45.6 Å². The zero-order chi connectivity index (χ0) is 30.5. The maximum Gasteiger partial charge on any atom is 0.336 e. The lowest BCUT2D eigenvalue weighted by atomic mass is 9.68. The number of rotatable bonds is 10. The third-order valence-corrected chi connectivity index (χ3v) is 7.69. The molecule has 5 rings (SSSR count). The average molecular weight is 586 g/mol. The van der Waals surface area contributed by atoms with E-state index in [0.29, 0.717) is 46.4 Å². The number of dihydropyridines is 1. The molecule has 0 fully saturated rings. The van der Waals surface area contributed by atoms with Gasteiger partial charge in [-0.25, -0.2) is 4.79 Å². The summed E-state index contributed by atoms with van der Waals surface area (Å²) in [6, 6.07) is 20.1. The van der Waals surface area contributed by atoms with Crippen LogP contribution in [0, 0.1) is 5.92 Å². The Morgan fingerprint density at radius 1 is 0.930 bits per heavy atom. The Labute approximate surface area is 250 Å². The van der Waals surface area contributed by atoms with Crippen LogP contribution in [0.25, 0.3) is 0 Å². The molecule has 3 aromatic rings. The van der Waals surface area contributed by atoms with Gasteiger partial charge in [0.15, 0.2) is 5.78 Å². The van der Waals surface area contributed by atoms with Crippen molar-refractivity contribution in [2.75, 3.05) is 20.3 Å². The second-order valence-electron chi connectivity index (χ2n) is 10.3. The first-order valence-electron chi connectivity index (χ1n) is 14.3. The molecule has 1 aromatic heterocycles. The van der Waals surface area contributed by atoms with Gasteiger partial charge in [-0.05, 0) is 69.2 Å². The van der Waals surface area contributed by atoms with E-state index >= 15 is 0 Å². The predicted molar refractivity (Wildman–Crippen MR) is 157 cm³/mol. The lowest BCUT2D eigenvalue weighted by Gasteiger charge is -2.38. The van der Waals surface area contributed by atoms with E-state index in [1.807, 2.05) is 30.3 Å². The molecule has 1 N–H and O–H groups in total. The highest BCUT2D eigenvalue weighted by atomic mass is 16.5. The fourth-order valence-corrected chi connectivity index (χ4v) is 5.77. The van der Waals surface area contributed by atoms with Crippen LogP contribution in [0.3, 0.4) is 0 Å². The number of carbonyl (C=O) groups is 3. The maximum atomic E-state index is 14.4. The largest absolute Gasteiger partial charge is 0.497 e. The number of nitrogens with one attached hydrogen (secondary N) is 1. The minimum absolute atomic E-state index is 0.121. The Kier molecular flexibility index (Phi) is 8.99. The molecule has 0 radical (unpaired) electrons. The van der Waals surface area contributed by atoms with Gasteiger partial charge in [-0.1, -0.05) is 30.3 Å². The predicted octanol–water partition coefficient (Wildman–Crippen LogP) is 5.58. The van der Waals surface area contributed by atoms with Crippen molar-refractivity contribution >= 4 is 17.7 Å². The fourth-order valence-electron chi connectivity index (χ4n) is 5.77. The summed E-state index contributed by atoms with van der Waals surface area (Å²) in [5.41, 5.74) is 2.61. The van der Waals surface area contributed by atoms with Crippen LogP contribution in [0.4, 0.5) is 0 Å². The normalized spacial score (nSPS) is 19.8. The number of methoxy groups -OCH3 is 1. The molecule has 9 nitrogen and oxygen atoms in total. The van der Waals surface area contributed by atoms with Crippen molar-refractivity contribution in [1.82, 2.24) is 5.32 Å². The van der Waals surface area contributed by atoms with E-state index < -0.39 is 35.5 Å². The van der Waals surface area contributed by atoms with Gasteiger partial charge in [0.1, 0.15) is 35.5 Å². The van der Waals surface area contributed by atoms with Gasteiger partial charge in [-0.3, -0.25) is 9.59 Å². The van der Waals surface area contributed by atoms with Crippen LogP contribution in [0.15, 0.2) is 93.7 Å². The topological polar surface area (TPSA) is 113 Å². The molecule has 2 heterocycles. The molecule has 0 saturated heterocycles. The van der Waals surface area contributed by atoms with Crippen LogP contribution >= 0.6 is 0 Å². The highest BCUT2D eigenvalue weighted by Gasteiger charge is 2.49. The number of hydrogen-bond donors (Lipinski definition) is 1. The summed E-state index contributed by atoms with van der Waals surface area (Å²) in [6.07, 6.45) is 0.368. The molecule has 1 aliphatic heterocycles. The van der Waals surface area contributed by atoms with Crippen molar-refractivity contribution in [3.8, 4) is 11.5 Å². The van der Waals surface area contributed by atoms with Gasteiger partial charge < -0.3 is 28.7 Å². The molecular formula is C34H35NO8. The first-order chi connectivity index (χ1) is 20.9. The molecule has 43 heavy (non-hydrogen) atoms. The van der Waals surface area contributed by atoms with Crippen molar-refractivity contribution in [1.29, 1.82) is 0 Å². The number of hydrogen-bond acceptors (Lipinski definition) is 9. The van der Waals surface area contributed by atoms with E-state index in [0.717, 1.165) is 5.56 Å². The van der Waals surface area contributed by atoms with E-state index in [2.05, 4.69) is 5.32 Å². The van der Waals surface area contributed by atoms with Crippen molar-refractivity contribution in [3.05, 3.63) is 106 Å². The summed E-state index contributed by atoms with van der Waals surface area (Å²) in [6.45, 7) is 5.62. The maximum absolute atomic E-state index is 14.4. The Hall–Kier alpha value is -4.79. The highest BCUT2D eigenvalue weighted by Crippen LogP contribution is 2.48. The Morgan fingerprint density at radius 2 is 1.63 bits per heavy atom. The molecule has 0 spiro atoms. The molecule has 224 valence electrons. The molecule has 9 heteroatoms. The number of esters is 2. The first-order valence-corrected chi connectivity index (χ1v) is 14.3. The molecule has 1 aliphatic carbocycles. The zero-order valence-electron chi connectivity index (χ0n) is 24.7. The van der Waals surface area contributed by atoms with Gasteiger partial charge in [-0.15, -0.1) is 0 Å². The Bertz CT molecular complexity index is 1550. The van der Waals surface area contributed by atoms with E-state index in [9.17, 15) is 14.4 Å². The molecule has 0 unspecified atom stereocenters. The number of Topliss-reactive ketones (excluding diaryl/α,β-unsaturated/α-hetero) is 1. The lowest BCUT2D eigenvalue weighted by Crippen LogP contribution is -2.43. The van der Waals surface area contributed by atoms with Crippen LogP contribution in [0.1, 0.15) is 56.1 Å².